The first kappa shape index (κ1) is 17.8. The number of carbonyl (C=O) groups excluding carboxylic acids is 1. The van der Waals surface area contributed by atoms with E-state index in [-0.39, 0.29) is 10.8 Å². The van der Waals surface area contributed by atoms with Gasteiger partial charge in [0.1, 0.15) is 0 Å². The Morgan fingerprint density at radius 3 is 2.32 bits per heavy atom. The van der Waals surface area contributed by atoms with Crippen LogP contribution in [0.5, 0.6) is 0 Å². The molecule has 0 unspecified atom stereocenters. The number of anilines is 1. The molecule has 2 aromatic rings. The van der Waals surface area contributed by atoms with Crippen LogP contribution in [0.15, 0.2) is 53.4 Å². The zero-order valence-electron chi connectivity index (χ0n) is 13.6. The number of likely N-dealkylation sites (tertiary alicyclic amines) is 1. The largest absolute Gasteiger partial charge is 0.339 e. The summed E-state index contributed by atoms with van der Waals surface area (Å²) in [5.41, 5.74) is 0.893. The van der Waals surface area contributed by atoms with Gasteiger partial charge in [-0.25, -0.2) is 8.42 Å². The molecular weight excluding hydrogens is 360 g/mol. The van der Waals surface area contributed by atoms with Crippen molar-refractivity contribution in [3.8, 4) is 0 Å². The van der Waals surface area contributed by atoms with E-state index in [2.05, 4.69) is 4.72 Å². The van der Waals surface area contributed by atoms with Crippen LogP contribution in [-0.2, 0) is 10.0 Å². The van der Waals surface area contributed by atoms with Gasteiger partial charge in [-0.1, -0.05) is 17.7 Å². The Morgan fingerprint density at radius 2 is 1.68 bits per heavy atom. The van der Waals surface area contributed by atoms with Gasteiger partial charge in [-0.05, 0) is 61.7 Å². The highest BCUT2D eigenvalue weighted by molar-refractivity contribution is 7.92. The molecule has 0 aliphatic carbocycles. The van der Waals surface area contributed by atoms with E-state index in [1.54, 1.807) is 30.3 Å². The van der Waals surface area contributed by atoms with Crippen LogP contribution >= 0.6 is 11.6 Å². The fraction of sp³-hybridized carbons (Fsp3) is 0.278. The van der Waals surface area contributed by atoms with Crippen molar-refractivity contribution in [3.05, 3.63) is 59.1 Å². The lowest BCUT2D eigenvalue weighted by Gasteiger charge is -2.26. The van der Waals surface area contributed by atoms with Gasteiger partial charge in [0.25, 0.3) is 15.9 Å². The molecule has 1 aliphatic heterocycles. The van der Waals surface area contributed by atoms with Crippen molar-refractivity contribution < 1.29 is 13.2 Å². The first-order valence-corrected chi connectivity index (χ1v) is 9.99. The van der Waals surface area contributed by atoms with Crippen molar-refractivity contribution in [2.24, 2.45) is 0 Å². The van der Waals surface area contributed by atoms with E-state index in [0.29, 0.717) is 16.3 Å². The number of hydrogen-bond donors (Lipinski definition) is 1. The van der Waals surface area contributed by atoms with Crippen LogP contribution in [0.25, 0.3) is 0 Å². The molecule has 1 amide bonds. The maximum absolute atomic E-state index is 12.4. The molecule has 1 saturated heterocycles. The van der Waals surface area contributed by atoms with Gasteiger partial charge < -0.3 is 4.90 Å². The number of amides is 1. The Balaban J connectivity index is 1.75. The predicted molar refractivity (Wildman–Crippen MR) is 98.5 cm³/mol. The number of piperidine rings is 1. The lowest BCUT2D eigenvalue weighted by Crippen LogP contribution is -2.35. The molecule has 3 rings (SSSR count). The van der Waals surface area contributed by atoms with E-state index >= 15 is 0 Å². The summed E-state index contributed by atoms with van der Waals surface area (Å²) in [6.45, 7) is 1.52. The van der Waals surface area contributed by atoms with Crippen LogP contribution in [0.1, 0.15) is 29.6 Å². The molecule has 25 heavy (non-hydrogen) atoms. The number of benzene rings is 2. The molecule has 1 heterocycles. The second-order valence-corrected chi connectivity index (χ2v) is 8.11. The van der Waals surface area contributed by atoms with Crippen LogP contribution < -0.4 is 4.72 Å². The number of carbonyl (C=O) groups is 1. The fourth-order valence-corrected chi connectivity index (χ4v) is 4.06. The molecule has 1 aliphatic rings. The highest BCUT2D eigenvalue weighted by Crippen LogP contribution is 2.20. The van der Waals surface area contributed by atoms with E-state index in [1.807, 2.05) is 4.90 Å². The minimum Gasteiger partial charge on any atom is -0.339 e. The van der Waals surface area contributed by atoms with Crippen LogP contribution in [0, 0.1) is 0 Å². The summed E-state index contributed by atoms with van der Waals surface area (Å²) in [5, 5.41) is 0.447. The second kappa shape index (κ2) is 7.45. The first-order valence-electron chi connectivity index (χ1n) is 8.13. The average molecular weight is 379 g/mol. The Hall–Kier alpha value is -2.05. The fourth-order valence-electron chi connectivity index (χ4n) is 2.82. The molecule has 132 valence electrons. The lowest BCUT2D eigenvalue weighted by molar-refractivity contribution is 0.0724. The SMILES string of the molecule is O=C(c1ccc(S(=O)(=O)Nc2cccc(Cl)c2)cc1)N1CCCCC1. The van der Waals surface area contributed by atoms with Gasteiger partial charge in [-0.3, -0.25) is 9.52 Å². The summed E-state index contributed by atoms with van der Waals surface area (Å²) < 4.78 is 27.4. The number of hydrogen-bond acceptors (Lipinski definition) is 3. The highest BCUT2D eigenvalue weighted by atomic mass is 35.5. The third-order valence-corrected chi connectivity index (χ3v) is 5.76. The van der Waals surface area contributed by atoms with Crippen LogP contribution in [0.3, 0.4) is 0 Å². The minimum absolute atomic E-state index is 0.0496. The summed E-state index contributed by atoms with van der Waals surface area (Å²) in [5.74, 6) is -0.0496. The second-order valence-electron chi connectivity index (χ2n) is 5.99. The summed E-state index contributed by atoms with van der Waals surface area (Å²) in [6, 6.07) is 12.5. The van der Waals surface area contributed by atoms with Gasteiger partial charge in [-0.15, -0.1) is 0 Å². The Bertz CT molecular complexity index is 860. The average Bonchev–Trinajstić information content (AvgIpc) is 2.61. The minimum atomic E-state index is -3.73. The van der Waals surface area contributed by atoms with Gasteiger partial charge in [0.15, 0.2) is 0 Å². The van der Waals surface area contributed by atoms with E-state index in [4.69, 9.17) is 11.6 Å². The molecule has 1 N–H and O–H groups in total. The Labute approximate surface area is 152 Å². The van der Waals surface area contributed by atoms with Crippen molar-refractivity contribution in [2.75, 3.05) is 17.8 Å². The zero-order valence-corrected chi connectivity index (χ0v) is 15.2. The van der Waals surface area contributed by atoms with Crippen molar-refractivity contribution in [1.82, 2.24) is 4.90 Å². The number of halogens is 1. The van der Waals surface area contributed by atoms with E-state index < -0.39 is 10.0 Å². The third-order valence-electron chi connectivity index (χ3n) is 4.13. The summed E-state index contributed by atoms with van der Waals surface area (Å²) in [6.07, 6.45) is 3.18. The van der Waals surface area contributed by atoms with Crippen molar-refractivity contribution in [2.45, 2.75) is 24.2 Å². The normalized spacial score (nSPS) is 15.0. The van der Waals surface area contributed by atoms with Crippen molar-refractivity contribution >= 4 is 33.2 Å². The Morgan fingerprint density at radius 1 is 1.00 bits per heavy atom. The smallest absolute Gasteiger partial charge is 0.261 e. The highest BCUT2D eigenvalue weighted by Gasteiger charge is 2.20. The lowest BCUT2D eigenvalue weighted by atomic mass is 10.1. The van der Waals surface area contributed by atoms with E-state index in [0.717, 1.165) is 32.4 Å². The summed E-state index contributed by atoms with van der Waals surface area (Å²) >= 11 is 5.87. The van der Waals surface area contributed by atoms with Gasteiger partial charge >= 0.3 is 0 Å². The maximum atomic E-state index is 12.4. The van der Waals surface area contributed by atoms with Crippen molar-refractivity contribution in [3.63, 3.8) is 0 Å². The molecule has 2 aromatic carbocycles. The number of nitrogens with zero attached hydrogens (tertiary/aromatic N) is 1. The number of nitrogens with one attached hydrogen (secondary N) is 1. The molecule has 0 spiro atoms. The summed E-state index contributed by atoms with van der Waals surface area (Å²) in [4.78, 5) is 14.4. The molecule has 5 nitrogen and oxygen atoms in total. The third kappa shape index (κ3) is 4.32. The summed E-state index contributed by atoms with van der Waals surface area (Å²) in [7, 11) is -3.73. The molecular formula is C18H19ClN2O3S. The molecule has 0 aromatic heterocycles. The van der Waals surface area contributed by atoms with Gasteiger partial charge in [0, 0.05) is 23.7 Å². The van der Waals surface area contributed by atoms with Crippen LogP contribution in [-0.4, -0.2) is 32.3 Å². The monoisotopic (exact) mass is 378 g/mol. The van der Waals surface area contributed by atoms with Crippen LogP contribution in [0.2, 0.25) is 5.02 Å². The quantitative estimate of drug-likeness (QED) is 0.880. The van der Waals surface area contributed by atoms with Crippen LogP contribution in [0.4, 0.5) is 5.69 Å². The molecule has 0 atom stereocenters. The first-order chi connectivity index (χ1) is 12.0. The zero-order chi connectivity index (χ0) is 17.9. The topological polar surface area (TPSA) is 66.5 Å². The predicted octanol–water partition coefficient (Wildman–Crippen LogP) is 3.77. The Kier molecular flexibility index (Phi) is 5.30. The van der Waals surface area contributed by atoms with E-state index in [9.17, 15) is 13.2 Å². The molecule has 0 radical (unpaired) electrons. The van der Waals surface area contributed by atoms with Crippen molar-refractivity contribution in [1.29, 1.82) is 0 Å². The molecule has 0 bridgehead atoms. The molecule has 1 fully saturated rings. The maximum Gasteiger partial charge on any atom is 0.261 e. The van der Waals surface area contributed by atoms with Gasteiger partial charge in [-0.2, -0.15) is 0 Å². The molecule has 0 saturated carbocycles. The van der Waals surface area contributed by atoms with E-state index in [1.165, 1.54) is 18.2 Å². The molecule has 7 heteroatoms. The number of sulfonamides is 1. The van der Waals surface area contributed by atoms with Gasteiger partial charge in [0.05, 0.1) is 10.6 Å². The van der Waals surface area contributed by atoms with Gasteiger partial charge in [0.2, 0.25) is 0 Å². The number of rotatable bonds is 4. The standard InChI is InChI=1S/C18H19ClN2O3S/c19-15-5-4-6-16(13-15)20-25(23,24)17-9-7-14(8-10-17)18(22)21-11-2-1-3-12-21/h4-10,13,20H,1-3,11-12H2.